The summed E-state index contributed by atoms with van der Waals surface area (Å²) in [7, 11) is -2.17. The SMILES string of the molecule is COc1ccccc1NS(=O)(=O)c1c[nH]c(CN)c1. The smallest absolute Gasteiger partial charge is 0.263 e. The van der Waals surface area contributed by atoms with Crippen molar-refractivity contribution in [2.75, 3.05) is 11.8 Å². The van der Waals surface area contributed by atoms with Gasteiger partial charge in [0, 0.05) is 18.4 Å². The standard InChI is InChI=1S/C12H15N3O3S/c1-18-12-5-3-2-4-11(12)15-19(16,17)10-6-9(7-13)14-8-10/h2-6,8,14-15H,7,13H2,1H3. The Balaban J connectivity index is 2.31. The lowest BCUT2D eigenvalue weighted by Gasteiger charge is -2.10. The van der Waals surface area contributed by atoms with Crippen LogP contribution in [0, 0.1) is 0 Å². The van der Waals surface area contributed by atoms with Crippen LogP contribution in [0.4, 0.5) is 5.69 Å². The van der Waals surface area contributed by atoms with Gasteiger partial charge >= 0.3 is 0 Å². The molecule has 1 aromatic heterocycles. The van der Waals surface area contributed by atoms with Gasteiger partial charge in [-0.25, -0.2) is 8.42 Å². The fourth-order valence-corrected chi connectivity index (χ4v) is 2.71. The number of hydrogen-bond acceptors (Lipinski definition) is 4. The van der Waals surface area contributed by atoms with Crippen molar-refractivity contribution in [1.29, 1.82) is 0 Å². The molecule has 0 atom stereocenters. The molecular formula is C12H15N3O3S. The molecule has 0 saturated carbocycles. The van der Waals surface area contributed by atoms with Gasteiger partial charge in [0.1, 0.15) is 10.6 Å². The average molecular weight is 281 g/mol. The number of aromatic nitrogens is 1. The third-order valence-electron chi connectivity index (χ3n) is 2.60. The van der Waals surface area contributed by atoms with E-state index >= 15 is 0 Å². The van der Waals surface area contributed by atoms with Crippen LogP contribution in [0.2, 0.25) is 0 Å². The fourth-order valence-electron chi connectivity index (χ4n) is 1.62. The topological polar surface area (TPSA) is 97.2 Å². The number of sulfonamides is 1. The monoisotopic (exact) mass is 281 g/mol. The maximum absolute atomic E-state index is 12.2. The van der Waals surface area contributed by atoms with Crippen molar-refractivity contribution in [3.8, 4) is 5.75 Å². The molecule has 6 nitrogen and oxygen atoms in total. The van der Waals surface area contributed by atoms with Crippen LogP contribution in [0.5, 0.6) is 5.75 Å². The molecule has 7 heteroatoms. The first-order chi connectivity index (χ1) is 9.06. The molecule has 0 unspecified atom stereocenters. The Bertz CT molecular complexity index is 664. The highest BCUT2D eigenvalue weighted by Crippen LogP contribution is 2.26. The largest absolute Gasteiger partial charge is 0.495 e. The van der Waals surface area contributed by atoms with Crippen LogP contribution in [-0.2, 0) is 16.6 Å². The van der Waals surface area contributed by atoms with Crippen molar-refractivity contribution in [3.63, 3.8) is 0 Å². The maximum atomic E-state index is 12.2. The molecule has 0 spiro atoms. The molecule has 0 bridgehead atoms. The summed E-state index contributed by atoms with van der Waals surface area (Å²) in [5.74, 6) is 0.459. The number of anilines is 1. The van der Waals surface area contributed by atoms with E-state index < -0.39 is 10.0 Å². The molecule has 0 aliphatic carbocycles. The second-order valence-electron chi connectivity index (χ2n) is 3.87. The Morgan fingerprint density at radius 1 is 1.37 bits per heavy atom. The molecule has 1 heterocycles. The third kappa shape index (κ3) is 2.88. The number of nitrogens with two attached hydrogens (primary N) is 1. The molecule has 1 aromatic carbocycles. The van der Waals surface area contributed by atoms with Crippen LogP contribution in [0.25, 0.3) is 0 Å². The van der Waals surface area contributed by atoms with Crippen LogP contribution in [0.3, 0.4) is 0 Å². The number of para-hydroxylation sites is 2. The van der Waals surface area contributed by atoms with Crippen molar-refractivity contribution in [2.24, 2.45) is 5.73 Å². The summed E-state index contributed by atoms with van der Waals surface area (Å²) >= 11 is 0. The highest BCUT2D eigenvalue weighted by Gasteiger charge is 2.17. The van der Waals surface area contributed by atoms with Crippen LogP contribution in [0.1, 0.15) is 5.69 Å². The van der Waals surface area contributed by atoms with E-state index in [1.807, 2.05) is 0 Å². The summed E-state index contributed by atoms with van der Waals surface area (Å²) in [6.45, 7) is 0.254. The summed E-state index contributed by atoms with van der Waals surface area (Å²) in [5, 5.41) is 0. The van der Waals surface area contributed by atoms with Gasteiger partial charge in [-0.2, -0.15) is 0 Å². The van der Waals surface area contributed by atoms with Gasteiger partial charge in [-0.3, -0.25) is 4.72 Å². The third-order valence-corrected chi connectivity index (χ3v) is 3.94. The zero-order valence-electron chi connectivity index (χ0n) is 10.4. The van der Waals surface area contributed by atoms with Gasteiger partial charge in [-0.1, -0.05) is 12.1 Å². The van der Waals surface area contributed by atoms with Crippen LogP contribution >= 0.6 is 0 Å². The van der Waals surface area contributed by atoms with E-state index in [9.17, 15) is 8.42 Å². The molecule has 4 N–H and O–H groups in total. The second-order valence-corrected chi connectivity index (χ2v) is 5.55. The van der Waals surface area contributed by atoms with Crippen molar-refractivity contribution < 1.29 is 13.2 Å². The van der Waals surface area contributed by atoms with Gasteiger partial charge in [0.05, 0.1) is 12.8 Å². The number of aromatic amines is 1. The van der Waals surface area contributed by atoms with Gasteiger partial charge < -0.3 is 15.5 Å². The Morgan fingerprint density at radius 3 is 2.74 bits per heavy atom. The summed E-state index contributed by atoms with van der Waals surface area (Å²) in [6, 6.07) is 8.30. The molecule has 0 aliphatic heterocycles. The van der Waals surface area contributed by atoms with Crippen LogP contribution < -0.4 is 15.2 Å². The highest BCUT2D eigenvalue weighted by molar-refractivity contribution is 7.92. The predicted molar refractivity (Wildman–Crippen MR) is 72.5 cm³/mol. The van der Waals surface area contributed by atoms with E-state index in [1.165, 1.54) is 19.4 Å². The molecule has 0 radical (unpaired) electrons. The minimum atomic E-state index is -3.65. The lowest BCUT2D eigenvalue weighted by molar-refractivity contribution is 0.417. The maximum Gasteiger partial charge on any atom is 0.263 e. The first-order valence-corrected chi connectivity index (χ1v) is 7.08. The number of nitrogens with one attached hydrogen (secondary N) is 2. The van der Waals surface area contributed by atoms with E-state index in [4.69, 9.17) is 10.5 Å². The summed E-state index contributed by atoms with van der Waals surface area (Å²) < 4.78 is 31.9. The first-order valence-electron chi connectivity index (χ1n) is 5.60. The summed E-state index contributed by atoms with van der Waals surface area (Å²) in [4.78, 5) is 2.94. The minimum absolute atomic E-state index is 0.138. The molecule has 19 heavy (non-hydrogen) atoms. The van der Waals surface area contributed by atoms with E-state index in [0.717, 1.165) is 0 Å². The second kappa shape index (κ2) is 5.33. The summed E-state index contributed by atoms with van der Waals surface area (Å²) in [6.07, 6.45) is 1.40. The predicted octanol–water partition coefficient (Wildman–Crippen LogP) is 1.28. The molecular weight excluding hydrogens is 266 g/mol. The lowest BCUT2D eigenvalue weighted by atomic mass is 10.3. The number of methoxy groups -OCH3 is 1. The molecule has 0 saturated heterocycles. The van der Waals surface area contributed by atoms with Crippen LogP contribution in [0.15, 0.2) is 41.4 Å². The highest BCUT2D eigenvalue weighted by atomic mass is 32.2. The van der Waals surface area contributed by atoms with Gasteiger partial charge in [0.2, 0.25) is 0 Å². The molecule has 102 valence electrons. The fraction of sp³-hybridized carbons (Fsp3) is 0.167. The quantitative estimate of drug-likeness (QED) is 0.769. The number of benzene rings is 1. The zero-order chi connectivity index (χ0) is 13.9. The van der Waals surface area contributed by atoms with E-state index in [-0.39, 0.29) is 11.4 Å². The molecule has 2 aromatic rings. The Hall–Kier alpha value is -1.99. The average Bonchev–Trinajstić information content (AvgIpc) is 2.88. The summed E-state index contributed by atoms with van der Waals surface area (Å²) in [5.41, 5.74) is 6.48. The molecule has 2 rings (SSSR count). The van der Waals surface area contributed by atoms with Gasteiger partial charge in [0.25, 0.3) is 10.0 Å². The first kappa shape index (κ1) is 13.4. The van der Waals surface area contributed by atoms with Crippen molar-refractivity contribution in [1.82, 2.24) is 4.98 Å². The minimum Gasteiger partial charge on any atom is -0.495 e. The number of hydrogen-bond donors (Lipinski definition) is 3. The van der Waals surface area contributed by atoms with Crippen LogP contribution in [-0.4, -0.2) is 20.5 Å². The van der Waals surface area contributed by atoms with Crippen molar-refractivity contribution in [3.05, 3.63) is 42.2 Å². The van der Waals surface area contributed by atoms with Gasteiger partial charge in [0.15, 0.2) is 0 Å². The Morgan fingerprint density at radius 2 is 2.11 bits per heavy atom. The van der Waals surface area contributed by atoms with E-state index in [1.54, 1.807) is 24.3 Å². The Labute approximate surface area is 111 Å². The number of ether oxygens (including phenoxy) is 1. The Kier molecular flexibility index (Phi) is 3.77. The lowest BCUT2D eigenvalue weighted by Crippen LogP contribution is -2.12. The number of rotatable bonds is 5. The van der Waals surface area contributed by atoms with Gasteiger partial charge in [-0.05, 0) is 18.2 Å². The zero-order valence-corrected chi connectivity index (χ0v) is 11.2. The normalized spacial score (nSPS) is 11.3. The van der Waals surface area contributed by atoms with Crippen molar-refractivity contribution >= 4 is 15.7 Å². The number of H-pyrrole nitrogens is 1. The van der Waals surface area contributed by atoms with Gasteiger partial charge in [-0.15, -0.1) is 0 Å². The van der Waals surface area contributed by atoms with E-state index in [2.05, 4.69) is 9.71 Å². The molecule has 0 aliphatic rings. The molecule has 0 fully saturated rings. The van der Waals surface area contributed by atoms with E-state index in [0.29, 0.717) is 17.1 Å². The van der Waals surface area contributed by atoms with Crippen molar-refractivity contribution in [2.45, 2.75) is 11.4 Å². The molecule has 0 amide bonds.